The third kappa shape index (κ3) is 5.34. The van der Waals surface area contributed by atoms with Crippen LogP contribution in [0.25, 0.3) is 54.6 Å². The van der Waals surface area contributed by atoms with E-state index in [0.717, 1.165) is 17.1 Å². The molecule has 0 atom stereocenters. The van der Waals surface area contributed by atoms with Gasteiger partial charge in [0.25, 0.3) is 0 Å². The molecule has 2 nitrogen and oxygen atoms in total. The summed E-state index contributed by atoms with van der Waals surface area (Å²) in [5, 5.41) is 10.8. The molecule has 0 unspecified atom stereocenters. The van der Waals surface area contributed by atoms with Crippen molar-refractivity contribution in [3.63, 3.8) is 0 Å². The number of para-hydroxylation sites is 3. The van der Waals surface area contributed by atoms with Crippen LogP contribution in [-0.4, -0.2) is 8.07 Å². The summed E-state index contributed by atoms with van der Waals surface area (Å²) < 4.78 is 0. The van der Waals surface area contributed by atoms with Gasteiger partial charge in [0.05, 0.1) is 5.69 Å². The lowest BCUT2D eigenvalue weighted by Gasteiger charge is -2.36. The molecule has 2 aliphatic rings. The molecular weight excluding hydrogens is 765 g/mol. The Morgan fingerprint density at radius 3 is 1.56 bits per heavy atom. The fraction of sp³-hybridized carbons (Fsp3) is 0.0847. The van der Waals surface area contributed by atoms with Crippen LogP contribution >= 0.6 is 0 Å². The number of anilines is 6. The fourth-order valence-electron chi connectivity index (χ4n) is 11.0. The maximum atomic E-state index is 2.55. The molecule has 0 amide bonds. The Bertz CT molecular complexity index is 3370. The highest BCUT2D eigenvalue weighted by Gasteiger charge is 2.38. The van der Waals surface area contributed by atoms with Crippen molar-refractivity contribution in [3.05, 3.63) is 217 Å². The van der Waals surface area contributed by atoms with Crippen LogP contribution in [0.4, 0.5) is 34.1 Å². The molecule has 1 aliphatic heterocycles. The van der Waals surface area contributed by atoms with Crippen molar-refractivity contribution >= 4 is 84.9 Å². The van der Waals surface area contributed by atoms with Gasteiger partial charge >= 0.3 is 0 Å². The Morgan fingerprint density at radius 2 is 0.871 bits per heavy atom. The Kier molecular flexibility index (Phi) is 8.07. The third-order valence-corrected chi connectivity index (χ3v) is 17.5. The predicted octanol–water partition coefficient (Wildman–Crippen LogP) is 15.2. The molecule has 0 N–H and O–H groups in total. The largest absolute Gasteiger partial charge is 0.311 e. The first-order valence-corrected chi connectivity index (χ1v) is 24.9. The van der Waals surface area contributed by atoms with E-state index >= 15 is 0 Å². The lowest BCUT2D eigenvalue weighted by Crippen LogP contribution is -2.56. The van der Waals surface area contributed by atoms with E-state index < -0.39 is 8.07 Å². The zero-order chi connectivity index (χ0) is 41.7. The molecule has 0 saturated carbocycles. The first kappa shape index (κ1) is 36.6. The highest BCUT2D eigenvalue weighted by Crippen LogP contribution is 2.52. The predicted molar refractivity (Wildman–Crippen MR) is 268 cm³/mol. The average Bonchev–Trinajstić information content (AvgIpc) is 3.54. The number of hydrogen-bond acceptors (Lipinski definition) is 2. The summed E-state index contributed by atoms with van der Waals surface area (Å²) in [5.41, 5.74) is 15.0. The van der Waals surface area contributed by atoms with E-state index in [2.05, 4.69) is 243 Å². The molecule has 0 spiro atoms. The smallest absolute Gasteiger partial charge is 0.113 e. The molecule has 1 heterocycles. The minimum atomic E-state index is -2.21. The van der Waals surface area contributed by atoms with Gasteiger partial charge in [-0.1, -0.05) is 160 Å². The third-order valence-electron chi connectivity index (χ3n) is 14.0. The molecule has 1 aliphatic carbocycles. The van der Waals surface area contributed by atoms with Gasteiger partial charge in [-0.15, -0.1) is 0 Å². The van der Waals surface area contributed by atoms with Gasteiger partial charge in [0, 0.05) is 39.2 Å². The second kappa shape index (κ2) is 13.7. The SMILES string of the molecule is CC1(C)c2ccccc2-c2ccc(N(c3ccccc3)c3cc4c5cccc6c5c(cc4c4ccccc34)-c3ccc(N(c4ccccc4)c4ccccc4)cc3[Si]6(C)C)cc21. The molecule has 3 heteroatoms. The molecule has 0 fully saturated rings. The summed E-state index contributed by atoms with van der Waals surface area (Å²) in [4.78, 5) is 4.90. The minimum absolute atomic E-state index is 0.109. The lowest BCUT2D eigenvalue weighted by molar-refractivity contribution is 0.660. The van der Waals surface area contributed by atoms with Crippen LogP contribution in [0.1, 0.15) is 25.0 Å². The maximum Gasteiger partial charge on any atom is 0.113 e. The van der Waals surface area contributed by atoms with Gasteiger partial charge in [0.1, 0.15) is 8.07 Å². The molecule has 10 aromatic rings. The quantitative estimate of drug-likeness (QED) is 0.122. The van der Waals surface area contributed by atoms with Crippen molar-refractivity contribution in [3.8, 4) is 22.3 Å². The molecule has 0 saturated heterocycles. The van der Waals surface area contributed by atoms with Crippen LogP contribution in [0, 0.1) is 0 Å². The monoisotopic (exact) mass is 810 g/mol. The van der Waals surface area contributed by atoms with E-state index in [0.29, 0.717) is 0 Å². The highest BCUT2D eigenvalue weighted by molar-refractivity contribution is 7.03. The number of fused-ring (bicyclic) bond motifs is 9. The van der Waals surface area contributed by atoms with Crippen LogP contribution in [0.5, 0.6) is 0 Å². The van der Waals surface area contributed by atoms with Gasteiger partial charge in [-0.05, 0) is 143 Å². The summed E-state index contributed by atoms with van der Waals surface area (Å²) in [5.74, 6) is 0. The fourth-order valence-corrected chi connectivity index (χ4v) is 14.1. The topological polar surface area (TPSA) is 6.48 Å². The highest BCUT2D eigenvalue weighted by atomic mass is 28.3. The van der Waals surface area contributed by atoms with Crippen LogP contribution in [0.2, 0.25) is 13.1 Å². The van der Waals surface area contributed by atoms with E-state index in [1.54, 1.807) is 0 Å². The summed E-state index contributed by atoms with van der Waals surface area (Å²) in [6.45, 7) is 9.84. The Balaban J connectivity index is 1.09. The second-order valence-corrected chi connectivity index (χ2v) is 22.4. The van der Waals surface area contributed by atoms with E-state index in [4.69, 9.17) is 0 Å². The van der Waals surface area contributed by atoms with Gasteiger partial charge in [-0.3, -0.25) is 0 Å². The number of benzene rings is 10. The number of rotatable bonds is 6. The Morgan fingerprint density at radius 1 is 0.339 bits per heavy atom. The molecule has 62 heavy (non-hydrogen) atoms. The van der Waals surface area contributed by atoms with Crippen molar-refractivity contribution < 1.29 is 0 Å². The molecule has 12 rings (SSSR count). The lowest BCUT2D eigenvalue weighted by atomic mass is 9.82. The molecule has 296 valence electrons. The minimum Gasteiger partial charge on any atom is -0.311 e. The van der Waals surface area contributed by atoms with E-state index in [-0.39, 0.29) is 5.41 Å². The van der Waals surface area contributed by atoms with Crippen molar-refractivity contribution in [1.29, 1.82) is 0 Å². The van der Waals surface area contributed by atoms with Crippen molar-refractivity contribution in [1.82, 2.24) is 0 Å². The summed E-state index contributed by atoms with van der Waals surface area (Å²) in [7, 11) is -2.21. The van der Waals surface area contributed by atoms with E-state index in [1.165, 1.54) is 93.1 Å². The van der Waals surface area contributed by atoms with E-state index in [1.807, 2.05) is 0 Å². The molecule has 0 radical (unpaired) electrons. The second-order valence-electron chi connectivity index (χ2n) is 18.1. The van der Waals surface area contributed by atoms with E-state index in [9.17, 15) is 0 Å². The molecule has 0 aromatic heterocycles. The average molecular weight is 811 g/mol. The van der Waals surface area contributed by atoms with Crippen molar-refractivity contribution in [2.24, 2.45) is 0 Å². The van der Waals surface area contributed by atoms with Crippen molar-refractivity contribution in [2.45, 2.75) is 32.4 Å². The zero-order valence-corrected chi connectivity index (χ0v) is 36.5. The van der Waals surface area contributed by atoms with Gasteiger partial charge in [0.2, 0.25) is 0 Å². The summed E-state index contributed by atoms with van der Waals surface area (Å²) >= 11 is 0. The molecule has 0 bridgehead atoms. The van der Waals surface area contributed by atoms with Crippen molar-refractivity contribution in [2.75, 3.05) is 9.80 Å². The van der Waals surface area contributed by atoms with Crippen LogP contribution in [-0.2, 0) is 5.41 Å². The number of nitrogens with zero attached hydrogens (tertiary/aromatic N) is 2. The van der Waals surface area contributed by atoms with Gasteiger partial charge < -0.3 is 9.80 Å². The van der Waals surface area contributed by atoms with Crippen LogP contribution < -0.4 is 20.2 Å². The van der Waals surface area contributed by atoms with Crippen LogP contribution in [0.3, 0.4) is 0 Å². The Hall–Kier alpha value is -7.20. The van der Waals surface area contributed by atoms with Gasteiger partial charge in [-0.2, -0.15) is 0 Å². The summed E-state index contributed by atoms with van der Waals surface area (Å²) in [6, 6.07) is 77.0. The first-order chi connectivity index (χ1) is 30.3. The van der Waals surface area contributed by atoms with Gasteiger partial charge in [-0.25, -0.2) is 0 Å². The maximum absolute atomic E-state index is 2.55. The molecule has 10 aromatic carbocycles. The standard InChI is InChI=1S/C59H46N2Si/c1-59(2)53-29-17-16-26-45(53)46-33-31-42(35-54(46)59)61(41-23-12-7-13-24-41)55-38-51-49-28-18-30-56-58(49)52(37-50(51)44-25-14-15-27-47(44)55)48-34-32-43(36-57(48)62(56,3)4)60(39-19-8-5-9-20-39)40-21-10-6-11-22-40/h5-38H,1-4H3. The van der Waals surface area contributed by atoms with Crippen LogP contribution in [0.15, 0.2) is 206 Å². The zero-order valence-electron chi connectivity index (χ0n) is 35.5. The first-order valence-electron chi connectivity index (χ1n) is 21.9. The summed E-state index contributed by atoms with van der Waals surface area (Å²) in [6.07, 6.45) is 0. The normalized spacial score (nSPS) is 14.1. The van der Waals surface area contributed by atoms with Gasteiger partial charge in [0.15, 0.2) is 0 Å². The number of hydrogen-bond donors (Lipinski definition) is 0. The Labute approximate surface area is 365 Å². The molecular formula is C59H46N2Si.